The van der Waals surface area contributed by atoms with E-state index >= 15 is 0 Å². The summed E-state index contributed by atoms with van der Waals surface area (Å²) in [6.45, 7) is 2.71. The molecule has 0 aliphatic carbocycles. The van der Waals surface area contributed by atoms with E-state index in [4.69, 9.17) is 13.9 Å². The fourth-order valence-corrected chi connectivity index (χ4v) is 3.29. The predicted octanol–water partition coefficient (Wildman–Crippen LogP) is 4.04. The number of para-hydroxylation sites is 3. The van der Waals surface area contributed by atoms with Crippen LogP contribution < -0.4 is 14.4 Å². The minimum absolute atomic E-state index is 0.123. The quantitative estimate of drug-likeness (QED) is 0.671. The minimum atomic E-state index is -0.123. The number of benzene rings is 2. The summed E-state index contributed by atoms with van der Waals surface area (Å²) in [7, 11) is 1.67. The lowest BCUT2D eigenvalue weighted by atomic mass is 10.2. The molecule has 2 heterocycles. The molecule has 0 N–H and O–H groups in total. The first-order chi connectivity index (χ1) is 13.7. The van der Waals surface area contributed by atoms with Gasteiger partial charge in [0.05, 0.1) is 12.8 Å². The van der Waals surface area contributed by atoms with Gasteiger partial charge < -0.3 is 23.7 Å². The molecular weight excluding hydrogens is 356 g/mol. The van der Waals surface area contributed by atoms with Gasteiger partial charge >= 0.3 is 0 Å². The number of nitrogens with zero attached hydrogens (tertiary/aromatic N) is 2. The normalized spacial score (nSPS) is 14.0. The molecule has 2 aromatic carbocycles. The van der Waals surface area contributed by atoms with E-state index < -0.39 is 0 Å². The molecule has 28 heavy (non-hydrogen) atoms. The van der Waals surface area contributed by atoms with Crippen molar-refractivity contribution in [1.82, 2.24) is 4.90 Å². The molecule has 6 nitrogen and oxygen atoms in total. The van der Waals surface area contributed by atoms with Crippen LogP contribution in [0.1, 0.15) is 10.6 Å². The van der Waals surface area contributed by atoms with Gasteiger partial charge in [-0.3, -0.25) is 4.79 Å². The Morgan fingerprint density at radius 1 is 0.893 bits per heavy atom. The highest BCUT2D eigenvalue weighted by Gasteiger charge is 2.25. The fraction of sp³-hybridized carbons (Fsp3) is 0.227. The van der Waals surface area contributed by atoms with Crippen LogP contribution in [0.15, 0.2) is 71.1 Å². The van der Waals surface area contributed by atoms with E-state index in [0.717, 1.165) is 24.5 Å². The number of carbonyl (C=O) groups is 1. The number of furan rings is 1. The van der Waals surface area contributed by atoms with Gasteiger partial charge in [0.25, 0.3) is 11.9 Å². The van der Waals surface area contributed by atoms with Gasteiger partial charge in [0.15, 0.2) is 5.76 Å². The second-order valence-corrected chi connectivity index (χ2v) is 6.48. The summed E-state index contributed by atoms with van der Waals surface area (Å²) in [6, 6.07) is 20.6. The average molecular weight is 378 g/mol. The van der Waals surface area contributed by atoms with Crippen LogP contribution in [0.5, 0.6) is 17.4 Å². The highest BCUT2D eigenvalue weighted by atomic mass is 16.6. The van der Waals surface area contributed by atoms with Crippen molar-refractivity contribution in [3.8, 4) is 17.4 Å². The van der Waals surface area contributed by atoms with Gasteiger partial charge in [-0.25, -0.2) is 0 Å². The molecule has 1 saturated heterocycles. The Morgan fingerprint density at radius 2 is 1.61 bits per heavy atom. The second-order valence-electron chi connectivity index (χ2n) is 6.48. The van der Waals surface area contributed by atoms with Gasteiger partial charge in [-0.15, -0.1) is 0 Å². The number of anilines is 1. The standard InChI is InChI=1S/C22H22N2O4/c1-26-19-10-6-5-9-18(19)23-13-15-24(16-14-23)22(25)20-11-12-21(28-20)27-17-7-3-2-4-8-17/h2-12H,13-16H2,1H3. The zero-order valence-corrected chi connectivity index (χ0v) is 15.7. The Morgan fingerprint density at radius 3 is 2.36 bits per heavy atom. The largest absolute Gasteiger partial charge is 0.495 e. The lowest BCUT2D eigenvalue weighted by Crippen LogP contribution is -2.48. The smallest absolute Gasteiger partial charge is 0.290 e. The molecular formula is C22H22N2O4. The Hall–Kier alpha value is -3.41. The average Bonchev–Trinajstić information content (AvgIpc) is 3.22. The summed E-state index contributed by atoms with van der Waals surface area (Å²) in [5.41, 5.74) is 1.05. The molecule has 1 fully saturated rings. The van der Waals surface area contributed by atoms with Crippen molar-refractivity contribution in [2.45, 2.75) is 0 Å². The third kappa shape index (κ3) is 3.81. The van der Waals surface area contributed by atoms with Gasteiger partial charge in [0.1, 0.15) is 11.5 Å². The van der Waals surface area contributed by atoms with Gasteiger partial charge in [-0.1, -0.05) is 30.3 Å². The fourth-order valence-electron chi connectivity index (χ4n) is 3.29. The predicted molar refractivity (Wildman–Crippen MR) is 106 cm³/mol. The molecule has 0 spiro atoms. The summed E-state index contributed by atoms with van der Waals surface area (Å²) in [5, 5.41) is 0. The van der Waals surface area contributed by atoms with E-state index in [1.165, 1.54) is 0 Å². The minimum Gasteiger partial charge on any atom is -0.495 e. The number of piperazine rings is 1. The maximum atomic E-state index is 12.8. The molecule has 144 valence electrons. The van der Waals surface area contributed by atoms with E-state index in [9.17, 15) is 4.79 Å². The lowest BCUT2D eigenvalue weighted by molar-refractivity contribution is 0.0709. The van der Waals surface area contributed by atoms with Crippen LogP contribution >= 0.6 is 0 Å². The molecule has 0 bridgehead atoms. The maximum absolute atomic E-state index is 12.8. The third-order valence-corrected chi connectivity index (χ3v) is 4.75. The first kappa shape index (κ1) is 18.0. The number of methoxy groups -OCH3 is 1. The van der Waals surface area contributed by atoms with Crippen molar-refractivity contribution in [2.24, 2.45) is 0 Å². The van der Waals surface area contributed by atoms with Crippen molar-refractivity contribution in [3.63, 3.8) is 0 Å². The molecule has 0 saturated carbocycles. The van der Waals surface area contributed by atoms with Crippen molar-refractivity contribution in [1.29, 1.82) is 0 Å². The highest BCUT2D eigenvalue weighted by molar-refractivity contribution is 5.91. The zero-order chi connectivity index (χ0) is 19.3. The molecule has 0 radical (unpaired) electrons. The Labute approximate surface area is 163 Å². The molecule has 0 unspecified atom stereocenters. The van der Waals surface area contributed by atoms with Crippen molar-refractivity contribution >= 4 is 11.6 Å². The van der Waals surface area contributed by atoms with E-state index in [1.807, 2.05) is 54.6 Å². The number of ether oxygens (including phenoxy) is 2. The molecule has 3 aromatic rings. The van der Waals surface area contributed by atoms with Crippen LogP contribution in [0.25, 0.3) is 0 Å². The number of hydrogen-bond donors (Lipinski definition) is 0. The van der Waals surface area contributed by atoms with Crippen molar-refractivity contribution in [2.75, 3.05) is 38.2 Å². The SMILES string of the molecule is COc1ccccc1N1CCN(C(=O)c2ccc(Oc3ccccc3)o2)CC1. The molecule has 1 aliphatic rings. The van der Waals surface area contributed by atoms with E-state index in [-0.39, 0.29) is 11.7 Å². The summed E-state index contributed by atoms with van der Waals surface area (Å²) >= 11 is 0. The molecule has 1 aromatic heterocycles. The monoisotopic (exact) mass is 378 g/mol. The summed E-state index contributed by atoms with van der Waals surface area (Å²) < 4.78 is 16.7. The van der Waals surface area contributed by atoms with Crippen LogP contribution in [0.4, 0.5) is 5.69 Å². The summed E-state index contributed by atoms with van der Waals surface area (Å²) in [6.07, 6.45) is 0. The first-order valence-electron chi connectivity index (χ1n) is 9.24. The maximum Gasteiger partial charge on any atom is 0.290 e. The van der Waals surface area contributed by atoms with Gasteiger partial charge in [-0.05, 0) is 30.3 Å². The lowest BCUT2D eigenvalue weighted by Gasteiger charge is -2.36. The second kappa shape index (κ2) is 8.08. The van der Waals surface area contributed by atoms with Crippen LogP contribution in [-0.2, 0) is 0 Å². The number of hydrogen-bond acceptors (Lipinski definition) is 5. The van der Waals surface area contributed by atoms with E-state index in [1.54, 1.807) is 24.1 Å². The first-order valence-corrected chi connectivity index (χ1v) is 9.24. The van der Waals surface area contributed by atoms with Crippen molar-refractivity contribution < 1.29 is 18.7 Å². The van der Waals surface area contributed by atoms with Gasteiger partial charge in [0, 0.05) is 32.2 Å². The summed E-state index contributed by atoms with van der Waals surface area (Å²) in [5.74, 6) is 1.98. The van der Waals surface area contributed by atoms with Crippen LogP contribution in [0.3, 0.4) is 0 Å². The summed E-state index contributed by atoms with van der Waals surface area (Å²) in [4.78, 5) is 16.8. The van der Waals surface area contributed by atoms with Gasteiger partial charge in [-0.2, -0.15) is 0 Å². The van der Waals surface area contributed by atoms with Crippen LogP contribution in [-0.4, -0.2) is 44.1 Å². The third-order valence-electron chi connectivity index (χ3n) is 4.75. The highest BCUT2D eigenvalue weighted by Crippen LogP contribution is 2.29. The zero-order valence-electron chi connectivity index (χ0n) is 15.7. The van der Waals surface area contributed by atoms with Gasteiger partial charge in [0.2, 0.25) is 0 Å². The topological polar surface area (TPSA) is 55.2 Å². The number of carbonyl (C=O) groups excluding carboxylic acids is 1. The molecule has 4 rings (SSSR count). The molecule has 0 atom stereocenters. The van der Waals surface area contributed by atoms with Crippen molar-refractivity contribution in [3.05, 3.63) is 72.5 Å². The molecule has 1 amide bonds. The Kier molecular flexibility index (Phi) is 5.19. The van der Waals surface area contributed by atoms with E-state index in [0.29, 0.717) is 24.8 Å². The van der Waals surface area contributed by atoms with E-state index in [2.05, 4.69) is 4.90 Å². The molecule has 6 heteroatoms. The van der Waals surface area contributed by atoms with Crippen LogP contribution in [0, 0.1) is 0 Å². The number of amides is 1. The Balaban J connectivity index is 1.38. The number of rotatable bonds is 5. The molecule has 1 aliphatic heterocycles. The Bertz CT molecular complexity index is 930. The van der Waals surface area contributed by atoms with Crippen LogP contribution in [0.2, 0.25) is 0 Å².